The zero-order valence-electron chi connectivity index (χ0n) is 14.8. The number of anilines is 1. The Morgan fingerprint density at radius 1 is 1.43 bits per heavy atom. The zero-order chi connectivity index (χ0) is 19.3. The summed E-state index contributed by atoms with van der Waals surface area (Å²) >= 11 is 4.41. The monoisotopic (exact) mass is 431 g/mol. The first kappa shape index (κ1) is 18.9. The third kappa shape index (κ3) is 4.18. The Morgan fingerprint density at radius 2 is 2.36 bits per heavy atom. The van der Waals surface area contributed by atoms with Crippen LogP contribution >= 0.6 is 34.4 Å². The van der Waals surface area contributed by atoms with E-state index in [0.29, 0.717) is 23.9 Å². The molecule has 4 rings (SSSR count). The number of hydrogen-bond acceptors (Lipinski definition) is 9. The summed E-state index contributed by atoms with van der Waals surface area (Å²) in [5.41, 5.74) is 0.786. The standard InChI is InChI=1S/C18H17N5O2S3/c1-2-7-19-17-20-21-18(28-17)27-11-16(24)23-13(15-6-4-9-26-15)10-12(22-23)14-5-3-8-25-14/h2-6,8-9,13H,1,7,10-11H2,(H,19,20)/t13-/m0/s1. The molecule has 0 bridgehead atoms. The Morgan fingerprint density at radius 3 is 3.11 bits per heavy atom. The fourth-order valence-electron chi connectivity index (χ4n) is 2.72. The summed E-state index contributed by atoms with van der Waals surface area (Å²) in [5.74, 6) is 0.875. The second-order valence-corrected chi connectivity index (χ2v) is 9.01. The highest BCUT2D eigenvalue weighted by Crippen LogP contribution is 2.36. The van der Waals surface area contributed by atoms with Crippen molar-refractivity contribution < 1.29 is 9.21 Å². The van der Waals surface area contributed by atoms with Gasteiger partial charge in [-0.2, -0.15) is 5.10 Å². The van der Waals surface area contributed by atoms with Crippen LogP contribution in [-0.4, -0.2) is 39.1 Å². The van der Waals surface area contributed by atoms with Crippen molar-refractivity contribution in [3.8, 4) is 0 Å². The number of nitrogens with one attached hydrogen (secondary N) is 1. The molecule has 0 saturated carbocycles. The molecule has 0 radical (unpaired) electrons. The molecule has 0 unspecified atom stereocenters. The third-order valence-electron chi connectivity index (χ3n) is 3.97. The maximum Gasteiger partial charge on any atom is 0.253 e. The molecule has 0 aromatic carbocycles. The minimum Gasteiger partial charge on any atom is -0.463 e. The molecule has 1 aliphatic heterocycles. The molecular formula is C18H17N5O2S3. The van der Waals surface area contributed by atoms with E-state index in [4.69, 9.17) is 4.42 Å². The van der Waals surface area contributed by atoms with Crippen molar-refractivity contribution in [2.45, 2.75) is 16.8 Å². The number of nitrogens with zero attached hydrogens (tertiary/aromatic N) is 4. The van der Waals surface area contributed by atoms with Gasteiger partial charge in [0.2, 0.25) is 5.13 Å². The van der Waals surface area contributed by atoms with Crippen molar-refractivity contribution in [3.05, 3.63) is 59.2 Å². The van der Waals surface area contributed by atoms with Crippen LogP contribution in [0.2, 0.25) is 0 Å². The average molecular weight is 432 g/mol. The van der Waals surface area contributed by atoms with Gasteiger partial charge in [-0.15, -0.1) is 28.1 Å². The number of aromatic nitrogens is 2. The molecule has 1 atom stereocenters. The van der Waals surface area contributed by atoms with Crippen LogP contribution in [-0.2, 0) is 4.79 Å². The number of hydrogen-bond donors (Lipinski definition) is 1. The van der Waals surface area contributed by atoms with Crippen molar-refractivity contribution >= 4 is 51.2 Å². The van der Waals surface area contributed by atoms with E-state index < -0.39 is 0 Å². The van der Waals surface area contributed by atoms with Crippen LogP contribution in [0.1, 0.15) is 23.1 Å². The number of thiophene rings is 1. The highest BCUT2D eigenvalue weighted by molar-refractivity contribution is 8.01. The van der Waals surface area contributed by atoms with E-state index >= 15 is 0 Å². The molecule has 3 aromatic heterocycles. The maximum absolute atomic E-state index is 12.9. The highest BCUT2D eigenvalue weighted by atomic mass is 32.2. The molecular weight excluding hydrogens is 414 g/mol. The molecule has 28 heavy (non-hydrogen) atoms. The summed E-state index contributed by atoms with van der Waals surface area (Å²) in [6, 6.07) is 7.61. The topological polar surface area (TPSA) is 83.6 Å². The first-order valence-electron chi connectivity index (χ1n) is 8.52. The van der Waals surface area contributed by atoms with E-state index in [1.807, 2.05) is 29.6 Å². The largest absolute Gasteiger partial charge is 0.463 e. The van der Waals surface area contributed by atoms with Gasteiger partial charge in [0.1, 0.15) is 11.5 Å². The number of carbonyl (C=O) groups excluding carboxylic acids is 1. The summed E-state index contributed by atoms with van der Waals surface area (Å²) < 4.78 is 6.21. The lowest BCUT2D eigenvalue weighted by Gasteiger charge is -2.20. The number of rotatable bonds is 8. The summed E-state index contributed by atoms with van der Waals surface area (Å²) in [6.45, 7) is 4.28. The molecule has 1 amide bonds. The van der Waals surface area contributed by atoms with E-state index in [9.17, 15) is 4.79 Å². The summed E-state index contributed by atoms with van der Waals surface area (Å²) in [5, 5.41) is 20.1. The SMILES string of the molecule is C=CCNc1nnc(SCC(=O)N2N=C(c3ccco3)C[C@H]2c2cccs2)s1. The predicted molar refractivity (Wildman–Crippen MR) is 113 cm³/mol. The van der Waals surface area contributed by atoms with Crippen molar-refractivity contribution in [2.24, 2.45) is 5.10 Å². The molecule has 0 aliphatic carbocycles. The molecule has 0 fully saturated rings. The van der Waals surface area contributed by atoms with Crippen LogP contribution in [0.15, 0.2) is 62.4 Å². The van der Waals surface area contributed by atoms with Gasteiger partial charge in [-0.3, -0.25) is 4.79 Å². The van der Waals surface area contributed by atoms with E-state index in [1.165, 1.54) is 23.1 Å². The smallest absolute Gasteiger partial charge is 0.253 e. The predicted octanol–water partition coefficient (Wildman–Crippen LogP) is 4.26. The van der Waals surface area contributed by atoms with Crippen molar-refractivity contribution in [3.63, 3.8) is 0 Å². The fourth-order valence-corrected chi connectivity index (χ4v) is 5.15. The molecule has 0 saturated heterocycles. The van der Waals surface area contributed by atoms with Gasteiger partial charge in [-0.05, 0) is 23.6 Å². The minimum atomic E-state index is -0.104. The molecule has 10 heteroatoms. The Bertz CT molecular complexity index is 965. The molecule has 144 valence electrons. The van der Waals surface area contributed by atoms with Crippen molar-refractivity contribution in [1.82, 2.24) is 15.2 Å². The molecule has 4 heterocycles. The quantitative estimate of drug-likeness (QED) is 0.424. The molecule has 3 aromatic rings. The number of amides is 1. The van der Waals surface area contributed by atoms with Gasteiger partial charge in [0.15, 0.2) is 4.34 Å². The van der Waals surface area contributed by atoms with Crippen LogP contribution in [0.5, 0.6) is 0 Å². The van der Waals surface area contributed by atoms with E-state index in [1.54, 1.807) is 28.7 Å². The summed E-state index contributed by atoms with van der Waals surface area (Å²) in [4.78, 5) is 14.0. The summed E-state index contributed by atoms with van der Waals surface area (Å²) in [6.07, 6.45) is 4.01. The van der Waals surface area contributed by atoms with Gasteiger partial charge in [-0.1, -0.05) is 35.2 Å². The number of furan rings is 1. The van der Waals surface area contributed by atoms with E-state index in [2.05, 4.69) is 27.2 Å². The van der Waals surface area contributed by atoms with Crippen molar-refractivity contribution in [1.29, 1.82) is 0 Å². The first-order chi connectivity index (χ1) is 13.7. The number of hydrazone groups is 1. The van der Waals surface area contributed by atoms with Crippen LogP contribution in [0.25, 0.3) is 0 Å². The first-order valence-corrected chi connectivity index (χ1v) is 11.2. The normalized spacial score (nSPS) is 16.2. The summed E-state index contributed by atoms with van der Waals surface area (Å²) in [7, 11) is 0. The van der Waals surface area contributed by atoms with Gasteiger partial charge < -0.3 is 9.73 Å². The molecule has 7 nitrogen and oxygen atoms in total. The van der Waals surface area contributed by atoms with Gasteiger partial charge in [-0.25, -0.2) is 5.01 Å². The Kier molecular flexibility index (Phi) is 5.89. The fraction of sp³-hybridized carbons (Fsp3) is 0.222. The van der Waals surface area contributed by atoms with Gasteiger partial charge >= 0.3 is 0 Å². The molecule has 1 N–H and O–H groups in total. The van der Waals surface area contributed by atoms with Crippen LogP contribution in [0.4, 0.5) is 5.13 Å². The lowest BCUT2D eigenvalue weighted by molar-refractivity contribution is -0.130. The average Bonchev–Trinajstić information content (AvgIpc) is 3.48. The lowest BCUT2D eigenvalue weighted by atomic mass is 10.1. The van der Waals surface area contributed by atoms with Crippen molar-refractivity contribution in [2.75, 3.05) is 17.6 Å². The van der Waals surface area contributed by atoms with E-state index in [0.717, 1.165) is 14.9 Å². The van der Waals surface area contributed by atoms with Gasteiger partial charge in [0, 0.05) is 17.8 Å². The molecule has 1 aliphatic rings. The second-order valence-electron chi connectivity index (χ2n) is 5.83. The van der Waals surface area contributed by atoms with E-state index in [-0.39, 0.29) is 17.7 Å². The maximum atomic E-state index is 12.9. The zero-order valence-corrected chi connectivity index (χ0v) is 17.2. The minimum absolute atomic E-state index is 0.0687. The Labute approximate surface area is 174 Å². The highest BCUT2D eigenvalue weighted by Gasteiger charge is 2.34. The number of thioether (sulfide) groups is 1. The number of carbonyl (C=O) groups is 1. The van der Waals surface area contributed by atoms with Crippen LogP contribution < -0.4 is 5.32 Å². The molecule has 0 spiro atoms. The van der Waals surface area contributed by atoms with Gasteiger partial charge in [0.05, 0.1) is 18.1 Å². The second kappa shape index (κ2) is 8.72. The third-order valence-corrected chi connectivity index (χ3v) is 6.94. The van der Waals surface area contributed by atoms with Crippen LogP contribution in [0, 0.1) is 0 Å². The lowest BCUT2D eigenvalue weighted by Crippen LogP contribution is -2.28. The Balaban J connectivity index is 1.45. The Hall–Kier alpha value is -2.43. The van der Waals surface area contributed by atoms with Crippen LogP contribution in [0.3, 0.4) is 0 Å². The van der Waals surface area contributed by atoms with Gasteiger partial charge in [0.25, 0.3) is 5.91 Å².